The molecule has 5 nitrogen and oxygen atoms in total. The van der Waals surface area contributed by atoms with E-state index in [1.54, 1.807) is 19.2 Å². The standard InChI is InChI=1S/C20H23FN2O3/c1-25-11-10-22-20(24)12-17-14-26-19-5-3-2-4-18(19)23(17)13-15-6-8-16(21)9-7-15/h2-9,17H,10-14H2,1H3,(H,22,24)/t17-/m1/s1. The van der Waals surface area contributed by atoms with Gasteiger partial charge in [-0.15, -0.1) is 0 Å². The van der Waals surface area contributed by atoms with Crippen molar-refractivity contribution in [1.82, 2.24) is 5.32 Å². The van der Waals surface area contributed by atoms with Crippen LogP contribution in [-0.4, -0.2) is 38.8 Å². The van der Waals surface area contributed by atoms with Gasteiger partial charge in [0.15, 0.2) is 0 Å². The van der Waals surface area contributed by atoms with Gasteiger partial charge in [0.2, 0.25) is 5.91 Å². The van der Waals surface area contributed by atoms with Crippen molar-refractivity contribution < 1.29 is 18.7 Å². The fourth-order valence-corrected chi connectivity index (χ4v) is 3.04. The number of nitrogens with one attached hydrogen (secondary N) is 1. The van der Waals surface area contributed by atoms with Gasteiger partial charge in [0.25, 0.3) is 0 Å². The van der Waals surface area contributed by atoms with Crippen LogP contribution in [0.5, 0.6) is 5.75 Å². The molecule has 0 radical (unpaired) electrons. The van der Waals surface area contributed by atoms with Crippen molar-refractivity contribution in [2.45, 2.75) is 19.0 Å². The van der Waals surface area contributed by atoms with Crippen molar-refractivity contribution >= 4 is 11.6 Å². The van der Waals surface area contributed by atoms with Gasteiger partial charge in [0, 0.05) is 20.2 Å². The Morgan fingerprint density at radius 2 is 2.04 bits per heavy atom. The molecule has 1 N–H and O–H groups in total. The van der Waals surface area contributed by atoms with E-state index in [-0.39, 0.29) is 17.8 Å². The molecule has 1 heterocycles. The second-order valence-electron chi connectivity index (χ2n) is 6.23. The predicted molar refractivity (Wildman–Crippen MR) is 97.8 cm³/mol. The van der Waals surface area contributed by atoms with Crippen LogP contribution in [0.2, 0.25) is 0 Å². The third-order valence-corrected chi connectivity index (χ3v) is 4.36. The number of rotatable bonds is 7. The number of hydrogen-bond acceptors (Lipinski definition) is 4. The lowest BCUT2D eigenvalue weighted by Gasteiger charge is -2.38. The first-order valence-electron chi connectivity index (χ1n) is 8.66. The number of halogens is 1. The number of carbonyl (C=O) groups excluding carboxylic acids is 1. The Kier molecular flexibility index (Phi) is 6.07. The van der Waals surface area contributed by atoms with Crippen molar-refractivity contribution in [3.05, 3.63) is 59.9 Å². The van der Waals surface area contributed by atoms with Gasteiger partial charge in [-0.2, -0.15) is 0 Å². The average molecular weight is 358 g/mol. The molecule has 0 unspecified atom stereocenters. The summed E-state index contributed by atoms with van der Waals surface area (Å²) >= 11 is 0. The van der Waals surface area contributed by atoms with Gasteiger partial charge in [0.05, 0.1) is 24.8 Å². The summed E-state index contributed by atoms with van der Waals surface area (Å²) < 4.78 is 24.0. The number of nitrogens with zero attached hydrogens (tertiary/aromatic N) is 1. The first kappa shape index (κ1) is 18.2. The van der Waals surface area contributed by atoms with Crippen LogP contribution in [0.15, 0.2) is 48.5 Å². The van der Waals surface area contributed by atoms with Crippen LogP contribution < -0.4 is 15.0 Å². The molecule has 1 amide bonds. The Morgan fingerprint density at radius 1 is 1.27 bits per heavy atom. The maximum atomic E-state index is 13.2. The molecule has 2 aromatic rings. The summed E-state index contributed by atoms with van der Waals surface area (Å²) in [6.45, 7) is 1.97. The van der Waals surface area contributed by atoms with Crippen LogP contribution in [0.25, 0.3) is 0 Å². The van der Waals surface area contributed by atoms with Crippen LogP contribution in [-0.2, 0) is 16.1 Å². The quantitative estimate of drug-likeness (QED) is 0.774. The molecule has 1 aliphatic rings. The molecule has 0 saturated carbocycles. The Hall–Kier alpha value is -2.60. The molecule has 1 atom stereocenters. The van der Waals surface area contributed by atoms with Crippen LogP contribution in [0.1, 0.15) is 12.0 Å². The van der Waals surface area contributed by atoms with E-state index in [2.05, 4.69) is 10.2 Å². The minimum absolute atomic E-state index is 0.0425. The van der Waals surface area contributed by atoms with Crippen LogP contribution >= 0.6 is 0 Å². The lowest BCUT2D eigenvalue weighted by molar-refractivity contribution is -0.121. The van der Waals surface area contributed by atoms with Crippen LogP contribution in [0.4, 0.5) is 10.1 Å². The van der Waals surface area contributed by atoms with Gasteiger partial charge in [-0.3, -0.25) is 4.79 Å². The Bertz CT molecular complexity index is 736. The highest BCUT2D eigenvalue weighted by Crippen LogP contribution is 2.35. The summed E-state index contributed by atoms with van der Waals surface area (Å²) in [5.74, 6) is 0.495. The summed E-state index contributed by atoms with van der Waals surface area (Å²) in [7, 11) is 1.60. The summed E-state index contributed by atoms with van der Waals surface area (Å²) in [5, 5.41) is 2.85. The molecule has 0 saturated heterocycles. The maximum absolute atomic E-state index is 13.2. The molecule has 0 aromatic heterocycles. The highest BCUT2D eigenvalue weighted by Gasteiger charge is 2.29. The Balaban J connectivity index is 1.76. The lowest BCUT2D eigenvalue weighted by atomic mass is 10.1. The van der Waals surface area contributed by atoms with Gasteiger partial charge >= 0.3 is 0 Å². The lowest BCUT2D eigenvalue weighted by Crippen LogP contribution is -2.45. The highest BCUT2D eigenvalue weighted by molar-refractivity contribution is 5.77. The van der Waals surface area contributed by atoms with Gasteiger partial charge in [-0.25, -0.2) is 4.39 Å². The fraction of sp³-hybridized carbons (Fsp3) is 0.350. The van der Waals surface area contributed by atoms with Gasteiger partial charge in [-0.1, -0.05) is 24.3 Å². The number of ether oxygens (including phenoxy) is 2. The Morgan fingerprint density at radius 3 is 2.81 bits per heavy atom. The topological polar surface area (TPSA) is 50.8 Å². The number of benzene rings is 2. The third-order valence-electron chi connectivity index (χ3n) is 4.36. The fourth-order valence-electron chi connectivity index (χ4n) is 3.04. The van der Waals surface area contributed by atoms with E-state index < -0.39 is 0 Å². The first-order chi connectivity index (χ1) is 12.7. The SMILES string of the molecule is COCCNC(=O)C[C@@H]1COc2ccccc2N1Cc1ccc(F)cc1. The normalized spacial score (nSPS) is 15.9. The van der Waals surface area contributed by atoms with Crippen LogP contribution in [0.3, 0.4) is 0 Å². The summed E-state index contributed by atoms with van der Waals surface area (Å²) in [5.41, 5.74) is 1.92. The molecule has 2 aromatic carbocycles. The minimum Gasteiger partial charge on any atom is -0.489 e. The molecular weight excluding hydrogens is 335 g/mol. The zero-order valence-corrected chi connectivity index (χ0v) is 14.8. The molecule has 0 aliphatic carbocycles. The van der Waals surface area contributed by atoms with Crippen molar-refractivity contribution in [2.75, 3.05) is 31.8 Å². The van der Waals surface area contributed by atoms with Crippen LogP contribution in [0, 0.1) is 5.82 Å². The molecule has 1 aliphatic heterocycles. The number of carbonyl (C=O) groups is 1. The van der Waals surface area contributed by atoms with E-state index >= 15 is 0 Å². The number of hydrogen-bond donors (Lipinski definition) is 1. The second-order valence-corrected chi connectivity index (χ2v) is 6.23. The number of anilines is 1. The van der Waals surface area contributed by atoms with Gasteiger partial charge < -0.3 is 19.7 Å². The number of para-hydroxylation sites is 2. The monoisotopic (exact) mass is 358 g/mol. The molecule has 3 rings (SSSR count). The molecule has 0 spiro atoms. The largest absolute Gasteiger partial charge is 0.489 e. The second kappa shape index (κ2) is 8.67. The molecule has 26 heavy (non-hydrogen) atoms. The van der Waals surface area contributed by atoms with Gasteiger partial charge in [-0.05, 0) is 29.8 Å². The average Bonchev–Trinajstić information content (AvgIpc) is 2.65. The molecule has 138 valence electrons. The van der Waals surface area contributed by atoms with Crippen molar-refractivity contribution in [1.29, 1.82) is 0 Å². The van der Waals surface area contributed by atoms with Crippen molar-refractivity contribution in [2.24, 2.45) is 0 Å². The smallest absolute Gasteiger partial charge is 0.222 e. The molecule has 0 fully saturated rings. The van der Waals surface area contributed by atoms with Crippen molar-refractivity contribution in [3.63, 3.8) is 0 Å². The van der Waals surface area contributed by atoms with E-state index in [1.807, 2.05) is 24.3 Å². The predicted octanol–water partition coefficient (Wildman–Crippen LogP) is 2.75. The van der Waals surface area contributed by atoms with E-state index in [9.17, 15) is 9.18 Å². The maximum Gasteiger partial charge on any atom is 0.222 e. The molecule has 0 bridgehead atoms. The van der Waals surface area contributed by atoms with E-state index in [0.717, 1.165) is 17.0 Å². The van der Waals surface area contributed by atoms with Gasteiger partial charge in [0.1, 0.15) is 18.2 Å². The van der Waals surface area contributed by atoms with Crippen molar-refractivity contribution in [3.8, 4) is 5.75 Å². The Labute approximate surface area is 152 Å². The summed E-state index contributed by atoms with van der Waals surface area (Å²) in [4.78, 5) is 14.4. The molecular formula is C20H23FN2O3. The minimum atomic E-state index is -0.259. The first-order valence-corrected chi connectivity index (χ1v) is 8.66. The van der Waals surface area contributed by atoms with E-state index in [4.69, 9.17) is 9.47 Å². The zero-order valence-electron chi connectivity index (χ0n) is 14.8. The van der Waals surface area contributed by atoms with E-state index in [0.29, 0.717) is 32.7 Å². The van der Waals surface area contributed by atoms with E-state index in [1.165, 1.54) is 12.1 Å². The highest BCUT2D eigenvalue weighted by atomic mass is 19.1. The zero-order chi connectivity index (χ0) is 18.4. The number of methoxy groups -OCH3 is 1. The summed E-state index contributed by atoms with van der Waals surface area (Å²) in [6, 6.07) is 14.1. The number of amides is 1. The third kappa shape index (κ3) is 4.52. The molecule has 6 heteroatoms. The number of fused-ring (bicyclic) bond motifs is 1. The summed E-state index contributed by atoms with van der Waals surface area (Å²) in [6.07, 6.45) is 0.319.